The molecule has 3 aliphatic heterocycles. The molecule has 1 amide bonds. The molecule has 0 radical (unpaired) electrons. The number of rotatable bonds is 4. The van der Waals surface area contributed by atoms with Crippen LogP contribution in [-0.4, -0.2) is 69.9 Å². The van der Waals surface area contributed by atoms with E-state index in [1.807, 2.05) is 28.9 Å². The van der Waals surface area contributed by atoms with E-state index in [2.05, 4.69) is 10.00 Å². The highest BCUT2D eigenvalue weighted by Gasteiger charge is 2.52. The summed E-state index contributed by atoms with van der Waals surface area (Å²) in [7, 11) is 0. The van der Waals surface area contributed by atoms with Crippen molar-refractivity contribution in [3.8, 4) is 0 Å². The Bertz CT molecular complexity index is 588. The van der Waals surface area contributed by atoms with Gasteiger partial charge in [-0.05, 0) is 44.8 Å². The number of hydrogen-bond acceptors (Lipinski definition) is 4. The van der Waals surface area contributed by atoms with Crippen molar-refractivity contribution >= 4 is 5.91 Å². The van der Waals surface area contributed by atoms with Gasteiger partial charge in [0, 0.05) is 25.2 Å². The van der Waals surface area contributed by atoms with Gasteiger partial charge in [0.05, 0.1) is 25.9 Å². The molecule has 3 saturated heterocycles. The Morgan fingerprint density at radius 3 is 2.83 bits per heavy atom. The zero-order chi connectivity index (χ0) is 16.6. The minimum absolute atomic E-state index is 0.0555. The number of nitrogens with zero attached hydrogens (tertiary/aromatic N) is 4. The molecule has 0 bridgehead atoms. The number of carbonyl (C=O) groups excluding carboxylic acids is 1. The molecule has 1 atom stereocenters. The molecule has 24 heavy (non-hydrogen) atoms. The van der Waals surface area contributed by atoms with Gasteiger partial charge in [-0.3, -0.25) is 14.4 Å². The molecule has 0 N–H and O–H groups in total. The first-order chi connectivity index (χ1) is 11.6. The van der Waals surface area contributed by atoms with E-state index in [9.17, 15) is 4.79 Å². The molecule has 4 rings (SSSR count). The van der Waals surface area contributed by atoms with Gasteiger partial charge < -0.3 is 9.64 Å². The molecular formula is C18H28N4O2. The van der Waals surface area contributed by atoms with Crippen LogP contribution in [0.25, 0.3) is 0 Å². The number of ether oxygens (including phenoxy) is 1. The summed E-state index contributed by atoms with van der Waals surface area (Å²) in [5.41, 5.74) is 1.08. The van der Waals surface area contributed by atoms with Crippen molar-refractivity contribution in [3.63, 3.8) is 0 Å². The predicted octanol–water partition coefficient (Wildman–Crippen LogP) is 1.44. The molecular weight excluding hydrogens is 304 g/mol. The van der Waals surface area contributed by atoms with E-state index in [1.165, 1.54) is 32.4 Å². The average Bonchev–Trinajstić information content (AvgIpc) is 3.19. The summed E-state index contributed by atoms with van der Waals surface area (Å²) >= 11 is 0. The number of piperidine rings is 1. The first-order valence-corrected chi connectivity index (χ1v) is 9.28. The standard InChI is InChI=1S/C18H28N4O2/c1-15-10-19-22(11-15)8-5-17(23)21-13-18(14-21)9-16(12-24-18)20-6-3-2-4-7-20/h10-11,16H,2-9,12-14H2,1H3. The molecule has 0 aromatic carbocycles. The van der Waals surface area contributed by atoms with E-state index in [4.69, 9.17) is 4.74 Å². The Balaban J connectivity index is 1.23. The normalized spacial score (nSPS) is 26.7. The van der Waals surface area contributed by atoms with E-state index < -0.39 is 0 Å². The van der Waals surface area contributed by atoms with Gasteiger partial charge in [-0.25, -0.2) is 0 Å². The van der Waals surface area contributed by atoms with Crippen LogP contribution in [0, 0.1) is 6.92 Å². The molecule has 6 heteroatoms. The summed E-state index contributed by atoms with van der Waals surface area (Å²) < 4.78 is 7.98. The lowest BCUT2D eigenvalue weighted by molar-refractivity contribution is -0.158. The highest BCUT2D eigenvalue weighted by Crippen LogP contribution is 2.37. The lowest BCUT2D eigenvalue weighted by atomic mass is 9.88. The first kappa shape index (κ1) is 16.1. The van der Waals surface area contributed by atoms with Gasteiger partial charge >= 0.3 is 0 Å². The average molecular weight is 332 g/mol. The fourth-order valence-electron chi connectivity index (χ4n) is 4.34. The van der Waals surface area contributed by atoms with Gasteiger partial charge in [0.2, 0.25) is 5.91 Å². The Morgan fingerprint density at radius 2 is 2.12 bits per heavy atom. The van der Waals surface area contributed by atoms with Crippen LogP contribution in [0.2, 0.25) is 0 Å². The van der Waals surface area contributed by atoms with E-state index in [0.717, 1.165) is 31.7 Å². The number of aryl methyl sites for hydroxylation is 2. The maximum Gasteiger partial charge on any atom is 0.224 e. The Hall–Kier alpha value is -1.40. The summed E-state index contributed by atoms with van der Waals surface area (Å²) in [4.78, 5) is 16.9. The van der Waals surface area contributed by atoms with Crippen LogP contribution < -0.4 is 0 Å². The Kier molecular flexibility index (Phi) is 4.35. The van der Waals surface area contributed by atoms with Crippen molar-refractivity contribution in [2.45, 2.75) is 57.2 Å². The van der Waals surface area contributed by atoms with Crippen LogP contribution in [-0.2, 0) is 16.1 Å². The lowest BCUT2D eigenvalue weighted by Crippen LogP contribution is -2.63. The summed E-state index contributed by atoms with van der Waals surface area (Å²) in [6.07, 6.45) is 9.43. The zero-order valence-electron chi connectivity index (χ0n) is 14.6. The third kappa shape index (κ3) is 3.22. The van der Waals surface area contributed by atoms with Crippen LogP contribution >= 0.6 is 0 Å². The molecule has 1 aromatic rings. The molecule has 1 unspecified atom stereocenters. The maximum absolute atomic E-state index is 12.3. The van der Waals surface area contributed by atoms with Crippen molar-refractivity contribution in [1.82, 2.24) is 19.6 Å². The van der Waals surface area contributed by atoms with Gasteiger partial charge in [-0.1, -0.05) is 6.42 Å². The van der Waals surface area contributed by atoms with Gasteiger partial charge in [-0.15, -0.1) is 0 Å². The second kappa shape index (κ2) is 6.48. The minimum Gasteiger partial charge on any atom is -0.370 e. The second-order valence-electron chi connectivity index (χ2n) is 7.73. The predicted molar refractivity (Wildman–Crippen MR) is 90.7 cm³/mol. The van der Waals surface area contributed by atoms with E-state index in [-0.39, 0.29) is 11.5 Å². The molecule has 0 aliphatic carbocycles. The monoisotopic (exact) mass is 332 g/mol. The maximum atomic E-state index is 12.3. The fourth-order valence-corrected chi connectivity index (χ4v) is 4.34. The SMILES string of the molecule is Cc1cnn(CCC(=O)N2CC3(CC(N4CCCCC4)CO3)C2)c1. The van der Waals surface area contributed by atoms with Gasteiger partial charge in [0.15, 0.2) is 0 Å². The Labute approximate surface area is 143 Å². The minimum atomic E-state index is -0.0555. The summed E-state index contributed by atoms with van der Waals surface area (Å²) in [6, 6.07) is 0.564. The largest absolute Gasteiger partial charge is 0.370 e. The van der Waals surface area contributed by atoms with Crippen molar-refractivity contribution in [3.05, 3.63) is 18.0 Å². The van der Waals surface area contributed by atoms with Crippen molar-refractivity contribution in [2.24, 2.45) is 0 Å². The van der Waals surface area contributed by atoms with Crippen LogP contribution in [0.4, 0.5) is 0 Å². The zero-order valence-corrected chi connectivity index (χ0v) is 14.6. The van der Waals surface area contributed by atoms with E-state index >= 15 is 0 Å². The van der Waals surface area contributed by atoms with Gasteiger partial charge in [0.25, 0.3) is 0 Å². The summed E-state index contributed by atoms with van der Waals surface area (Å²) in [6.45, 7) is 7.50. The van der Waals surface area contributed by atoms with Crippen LogP contribution in [0.15, 0.2) is 12.4 Å². The van der Waals surface area contributed by atoms with E-state index in [0.29, 0.717) is 19.0 Å². The highest BCUT2D eigenvalue weighted by atomic mass is 16.5. The van der Waals surface area contributed by atoms with Gasteiger partial charge in [-0.2, -0.15) is 5.10 Å². The highest BCUT2D eigenvalue weighted by molar-refractivity contribution is 5.77. The third-order valence-corrected chi connectivity index (χ3v) is 5.72. The summed E-state index contributed by atoms with van der Waals surface area (Å²) in [5.74, 6) is 0.221. The van der Waals surface area contributed by atoms with Crippen molar-refractivity contribution in [2.75, 3.05) is 32.8 Å². The number of likely N-dealkylation sites (tertiary alicyclic amines) is 2. The fraction of sp³-hybridized carbons (Fsp3) is 0.778. The van der Waals surface area contributed by atoms with Crippen LogP contribution in [0.1, 0.15) is 37.7 Å². The lowest BCUT2D eigenvalue weighted by Gasteiger charge is -2.47. The molecule has 132 valence electrons. The Morgan fingerprint density at radius 1 is 1.33 bits per heavy atom. The molecule has 6 nitrogen and oxygen atoms in total. The topological polar surface area (TPSA) is 50.6 Å². The number of aromatic nitrogens is 2. The molecule has 4 heterocycles. The number of hydrogen-bond donors (Lipinski definition) is 0. The quantitative estimate of drug-likeness (QED) is 0.837. The molecule has 1 spiro atoms. The summed E-state index contributed by atoms with van der Waals surface area (Å²) in [5, 5.41) is 4.24. The number of amides is 1. The molecule has 1 aromatic heterocycles. The molecule has 3 fully saturated rings. The van der Waals surface area contributed by atoms with Crippen molar-refractivity contribution < 1.29 is 9.53 Å². The van der Waals surface area contributed by atoms with E-state index in [1.54, 1.807) is 0 Å². The van der Waals surface area contributed by atoms with Crippen LogP contribution in [0.3, 0.4) is 0 Å². The second-order valence-corrected chi connectivity index (χ2v) is 7.73. The number of carbonyl (C=O) groups is 1. The smallest absolute Gasteiger partial charge is 0.224 e. The molecule has 3 aliphatic rings. The first-order valence-electron chi connectivity index (χ1n) is 9.28. The van der Waals surface area contributed by atoms with Crippen molar-refractivity contribution in [1.29, 1.82) is 0 Å². The van der Waals surface area contributed by atoms with Gasteiger partial charge in [0.1, 0.15) is 5.60 Å². The van der Waals surface area contributed by atoms with Crippen LogP contribution in [0.5, 0.6) is 0 Å². The third-order valence-electron chi connectivity index (χ3n) is 5.72. The molecule has 0 saturated carbocycles.